The quantitative estimate of drug-likeness (QED) is 0.613. The molecule has 0 amide bonds. The Hall–Kier alpha value is -0.440. The molecule has 0 rings (SSSR count). The van der Waals surface area contributed by atoms with Gasteiger partial charge in [0.1, 0.15) is 0 Å². The summed E-state index contributed by atoms with van der Waals surface area (Å²) in [6.07, 6.45) is 0.505. The van der Waals surface area contributed by atoms with Crippen molar-refractivity contribution in [2.75, 3.05) is 0 Å². The molecular formula is C6H10O2S. The zero-order chi connectivity index (χ0) is 7.44. The molecule has 1 atom stereocenters. The second-order valence-corrected chi connectivity index (χ2v) is 2.84. The third-order valence-corrected chi connectivity index (χ3v) is 1.18. The van der Waals surface area contributed by atoms with E-state index in [0.717, 1.165) is 4.86 Å². The van der Waals surface area contributed by atoms with Crippen LogP contribution in [0.15, 0.2) is 0 Å². The summed E-state index contributed by atoms with van der Waals surface area (Å²) in [6, 6.07) is 0. The van der Waals surface area contributed by atoms with Crippen LogP contribution in [-0.4, -0.2) is 15.9 Å². The van der Waals surface area contributed by atoms with E-state index in [1.54, 1.807) is 13.8 Å². The number of rotatable bonds is 3. The van der Waals surface area contributed by atoms with Crippen molar-refractivity contribution >= 4 is 23.1 Å². The van der Waals surface area contributed by atoms with E-state index in [4.69, 9.17) is 17.3 Å². The SMILES string of the molecule is CC(=S)CC(C)C(=O)O. The second-order valence-electron chi connectivity index (χ2n) is 2.15. The van der Waals surface area contributed by atoms with Crippen molar-refractivity contribution in [3.63, 3.8) is 0 Å². The summed E-state index contributed by atoms with van der Waals surface area (Å²) in [6.45, 7) is 3.41. The summed E-state index contributed by atoms with van der Waals surface area (Å²) in [5.74, 6) is -1.11. The lowest BCUT2D eigenvalue weighted by Gasteiger charge is -2.01. The molecule has 0 aromatic heterocycles. The lowest BCUT2D eigenvalue weighted by Crippen LogP contribution is -2.11. The fraction of sp³-hybridized carbons (Fsp3) is 0.667. The molecule has 0 saturated carbocycles. The standard InChI is InChI=1S/C6H10O2S/c1-4(6(7)8)3-5(2)9/h4H,3H2,1-2H3,(H,7,8). The van der Waals surface area contributed by atoms with Gasteiger partial charge in [-0.3, -0.25) is 4.79 Å². The summed E-state index contributed by atoms with van der Waals surface area (Å²) >= 11 is 4.73. The number of carboxylic acids is 1. The molecule has 0 aliphatic heterocycles. The summed E-state index contributed by atoms with van der Waals surface area (Å²) < 4.78 is 0. The molecule has 2 nitrogen and oxygen atoms in total. The van der Waals surface area contributed by atoms with Crippen LogP contribution in [-0.2, 0) is 4.79 Å². The minimum atomic E-state index is -0.779. The zero-order valence-electron chi connectivity index (χ0n) is 5.55. The smallest absolute Gasteiger partial charge is 0.306 e. The fourth-order valence-electron chi connectivity index (χ4n) is 0.518. The van der Waals surface area contributed by atoms with Gasteiger partial charge in [-0.2, -0.15) is 0 Å². The molecule has 9 heavy (non-hydrogen) atoms. The topological polar surface area (TPSA) is 37.3 Å². The van der Waals surface area contributed by atoms with Crippen LogP contribution >= 0.6 is 12.2 Å². The van der Waals surface area contributed by atoms with Crippen LogP contribution in [0.2, 0.25) is 0 Å². The first-order chi connectivity index (χ1) is 4.04. The molecule has 1 unspecified atom stereocenters. The van der Waals surface area contributed by atoms with E-state index >= 15 is 0 Å². The molecule has 3 heteroatoms. The molecule has 0 bridgehead atoms. The van der Waals surface area contributed by atoms with Crippen molar-refractivity contribution in [2.24, 2.45) is 5.92 Å². The molecule has 0 aromatic rings. The first-order valence-corrected chi connectivity index (χ1v) is 3.17. The van der Waals surface area contributed by atoms with E-state index in [1.165, 1.54) is 0 Å². The van der Waals surface area contributed by atoms with Gasteiger partial charge in [-0.05, 0) is 18.2 Å². The van der Waals surface area contributed by atoms with Crippen LogP contribution < -0.4 is 0 Å². The average molecular weight is 146 g/mol. The number of carboxylic acid groups (broad SMARTS) is 1. The maximum Gasteiger partial charge on any atom is 0.306 e. The Kier molecular flexibility index (Phi) is 3.39. The van der Waals surface area contributed by atoms with Gasteiger partial charge in [0, 0.05) is 0 Å². The third kappa shape index (κ3) is 4.09. The van der Waals surface area contributed by atoms with E-state index in [-0.39, 0.29) is 5.92 Å². The summed E-state index contributed by atoms with van der Waals surface area (Å²) in [5, 5.41) is 8.37. The van der Waals surface area contributed by atoms with Gasteiger partial charge in [0.25, 0.3) is 0 Å². The van der Waals surface area contributed by atoms with Gasteiger partial charge in [-0.25, -0.2) is 0 Å². The van der Waals surface area contributed by atoms with Gasteiger partial charge in [-0.1, -0.05) is 19.1 Å². The Bertz CT molecular complexity index is 131. The maximum absolute atomic E-state index is 10.2. The van der Waals surface area contributed by atoms with Crippen molar-refractivity contribution in [3.05, 3.63) is 0 Å². The first kappa shape index (κ1) is 8.56. The van der Waals surface area contributed by atoms with Crippen LogP contribution in [0.5, 0.6) is 0 Å². The maximum atomic E-state index is 10.2. The van der Waals surface area contributed by atoms with Crippen molar-refractivity contribution in [1.82, 2.24) is 0 Å². The van der Waals surface area contributed by atoms with Gasteiger partial charge in [0.2, 0.25) is 0 Å². The molecule has 1 N–H and O–H groups in total. The monoisotopic (exact) mass is 146 g/mol. The molecule has 0 aliphatic rings. The zero-order valence-corrected chi connectivity index (χ0v) is 6.36. The molecule has 0 radical (unpaired) electrons. The van der Waals surface area contributed by atoms with Gasteiger partial charge < -0.3 is 5.11 Å². The minimum Gasteiger partial charge on any atom is -0.481 e. The van der Waals surface area contributed by atoms with Gasteiger partial charge in [0.05, 0.1) is 5.92 Å². The first-order valence-electron chi connectivity index (χ1n) is 2.76. The van der Waals surface area contributed by atoms with Crippen LogP contribution in [0, 0.1) is 5.92 Å². The van der Waals surface area contributed by atoms with Crippen LogP contribution in [0.1, 0.15) is 20.3 Å². The van der Waals surface area contributed by atoms with E-state index in [2.05, 4.69) is 0 Å². The highest BCUT2D eigenvalue weighted by Gasteiger charge is 2.10. The van der Waals surface area contributed by atoms with Crippen molar-refractivity contribution in [3.8, 4) is 0 Å². The summed E-state index contributed by atoms with van der Waals surface area (Å²) in [7, 11) is 0. The molecule has 0 aliphatic carbocycles. The Morgan fingerprint density at radius 3 is 2.33 bits per heavy atom. The Morgan fingerprint density at radius 1 is 1.78 bits per heavy atom. The van der Waals surface area contributed by atoms with E-state index in [9.17, 15) is 4.79 Å². The molecule has 0 spiro atoms. The molecule has 52 valence electrons. The van der Waals surface area contributed by atoms with Gasteiger partial charge >= 0.3 is 5.97 Å². The highest BCUT2D eigenvalue weighted by molar-refractivity contribution is 7.80. The Morgan fingerprint density at radius 2 is 2.22 bits per heavy atom. The summed E-state index contributed by atoms with van der Waals surface area (Å²) in [4.78, 5) is 10.9. The average Bonchev–Trinajstić information content (AvgIpc) is 1.63. The van der Waals surface area contributed by atoms with Gasteiger partial charge in [0.15, 0.2) is 0 Å². The lowest BCUT2D eigenvalue weighted by molar-refractivity contribution is -0.140. The molecule has 0 fully saturated rings. The molecule has 0 aromatic carbocycles. The third-order valence-electron chi connectivity index (χ3n) is 1.02. The summed E-state index contributed by atoms with van der Waals surface area (Å²) in [5.41, 5.74) is 0. The number of hydrogen-bond donors (Lipinski definition) is 1. The normalized spacial score (nSPS) is 12.7. The van der Waals surface area contributed by atoms with Gasteiger partial charge in [-0.15, -0.1) is 0 Å². The lowest BCUT2D eigenvalue weighted by atomic mass is 10.1. The molecular weight excluding hydrogens is 136 g/mol. The second kappa shape index (κ2) is 3.56. The van der Waals surface area contributed by atoms with Crippen LogP contribution in [0.3, 0.4) is 0 Å². The Balaban J connectivity index is 3.63. The number of hydrogen-bond acceptors (Lipinski definition) is 2. The van der Waals surface area contributed by atoms with Crippen molar-refractivity contribution in [2.45, 2.75) is 20.3 Å². The number of thiocarbonyl (C=S) groups is 1. The molecule has 0 saturated heterocycles. The fourth-order valence-corrected chi connectivity index (χ4v) is 0.768. The number of aliphatic carboxylic acids is 1. The van der Waals surface area contributed by atoms with Crippen molar-refractivity contribution < 1.29 is 9.90 Å². The van der Waals surface area contributed by atoms with E-state index < -0.39 is 5.97 Å². The van der Waals surface area contributed by atoms with Crippen LogP contribution in [0.4, 0.5) is 0 Å². The molecule has 0 heterocycles. The highest BCUT2D eigenvalue weighted by Crippen LogP contribution is 2.02. The van der Waals surface area contributed by atoms with E-state index in [0.29, 0.717) is 6.42 Å². The number of carbonyl (C=O) groups is 1. The van der Waals surface area contributed by atoms with E-state index in [1.807, 2.05) is 0 Å². The minimum absolute atomic E-state index is 0.331. The predicted octanol–water partition coefficient (Wildman–Crippen LogP) is 1.49. The highest BCUT2D eigenvalue weighted by atomic mass is 32.1. The van der Waals surface area contributed by atoms with Crippen LogP contribution in [0.25, 0.3) is 0 Å². The largest absolute Gasteiger partial charge is 0.481 e. The van der Waals surface area contributed by atoms with Crippen molar-refractivity contribution in [1.29, 1.82) is 0 Å². The predicted molar refractivity (Wildman–Crippen MR) is 39.7 cm³/mol. The Labute approximate surface area is 59.9 Å².